The number of hydrogen-bond donors (Lipinski definition) is 1. The number of para-hydroxylation sites is 1. The minimum Gasteiger partial charge on any atom is -0.507 e. The number of halogens is 2. The lowest BCUT2D eigenvalue weighted by atomic mass is 9.94. The van der Waals surface area contributed by atoms with Gasteiger partial charge in [-0.2, -0.15) is 0 Å². The molecule has 2 heterocycles. The van der Waals surface area contributed by atoms with E-state index in [1.54, 1.807) is 17.0 Å². The number of amides is 1. The van der Waals surface area contributed by atoms with Crippen LogP contribution < -0.4 is 0 Å². The number of carbonyl (C=O) groups excluding carboxylic acids is 2. The van der Waals surface area contributed by atoms with E-state index >= 15 is 0 Å². The Kier molecular flexibility index (Phi) is 5.26. The summed E-state index contributed by atoms with van der Waals surface area (Å²) in [7, 11) is 1.94. The van der Waals surface area contributed by atoms with Crippen molar-refractivity contribution < 1.29 is 14.7 Å². The van der Waals surface area contributed by atoms with Crippen molar-refractivity contribution in [2.24, 2.45) is 7.05 Å². The predicted octanol–water partition coefficient (Wildman–Crippen LogP) is 5.85. The highest BCUT2D eigenvalue weighted by atomic mass is 35.5. The zero-order valence-corrected chi connectivity index (χ0v) is 19.0. The quantitative estimate of drug-likeness (QED) is 0.297. The molecule has 1 atom stereocenters. The zero-order valence-electron chi connectivity index (χ0n) is 17.5. The van der Waals surface area contributed by atoms with Crippen molar-refractivity contribution in [3.8, 4) is 0 Å². The average Bonchev–Trinajstić information content (AvgIpc) is 3.48. The lowest BCUT2D eigenvalue weighted by Gasteiger charge is -2.30. The fourth-order valence-electron chi connectivity index (χ4n) is 5.10. The first kappa shape index (κ1) is 21.1. The molecule has 5 rings (SSSR count). The summed E-state index contributed by atoms with van der Waals surface area (Å²) in [6.07, 6.45) is 5.68. The molecular formula is C25H22Cl2N2O3. The standard InChI is InChI=1S/C25H22Cl2N2O3/c1-28-13-17(16-8-4-5-9-20(16)28)22-21(23(30)14-10-11-18(26)19(27)12-14)24(31)25(32)29(22)15-6-2-3-7-15/h4-5,8-13,15,22,30H,2-3,6-7H2,1H3/b23-21+. The molecule has 2 aliphatic rings. The number of aryl methyl sites for hydroxylation is 1. The monoisotopic (exact) mass is 468 g/mol. The van der Waals surface area contributed by atoms with Gasteiger partial charge >= 0.3 is 0 Å². The summed E-state index contributed by atoms with van der Waals surface area (Å²) in [6, 6.07) is 11.9. The topological polar surface area (TPSA) is 62.5 Å². The van der Waals surface area contributed by atoms with Crippen LogP contribution >= 0.6 is 23.2 Å². The molecule has 0 radical (unpaired) electrons. The van der Waals surface area contributed by atoms with Crippen molar-refractivity contribution >= 4 is 51.6 Å². The first-order valence-electron chi connectivity index (χ1n) is 10.7. The summed E-state index contributed by atoms with van der Waals surface area (Å²) in [5.74, 6) is -1.46. The molecule has 0 bridgehead atoms. The summed E-state index contributed by atoms with van der Waals surface area (Å²) in [4.78, 5) is 28.2. The van der Waals surface area contributed by atoms with Crippen LogP contribution in [0.3, 0.4) is 0 Å². The second-order valence-corrected chi connectivity index (χ2v) is 9.30. The van der Waals surface area contributed by atoms with Gasteiger partial charge in [0.1, 0.15) is 5.76 Å². The molecule has 2 fully saturated rings. The number of nitrogens with zero attached hydrogens (tertiary/aromatic N) is 2. The Labute approximate surface area is 195 Å². The van der Waals surface area contributed by atoms with Gasteiger partial charge in [0.25, 0.3) is 11.7 Å². The van der Waals surface area contributed by atoms with E-state index in [4.69, 9.17) is 23.2 Å². The van der Waals surface area contributed by atoms with Crippen LogP contribution in [0.5, 0.6) is 0 Å². The van der Waals surface area contributed by atoms with Crippen molar-refractivity contribution in [2.45, 2.75) is 37.8 Å². The number of aromatic nitrogens is 1. The van der Waals surface area contributed by atoms with E-state index in [9.17, 15) is 14.7 Å². The van der Waals surface area contributed by atoms with Gasteiger partial charge in [0.15, 0.2) is 0 Å². The Morgan fingerprint density at radius 2 is 1.75 bits per heavy atom. The van der Waals surface area contributed by atoms with Crippen LogP contribution in [0.2, 0.25) is 10.0 Å². The number of fused-ring (bicyclic) bond motifs is 1. The Hall–Kier alpha value is -2.76. The molecule has 3 aromatic rings. The Balaban J connectivity index is 1.76. The van der Waals surface area contributed by atoms with Crippen LogP contribution in [0.4, 0.5) is 0 Å². The summed E-state index contributed by atoms with van der Waals surface area (Å²) >= 11 is 12.2. The number of likely N-dealkylation sites (tertiary alicyclic amines) is 1. The maximum absolute atomic E-state index is 13.3. The predicted molar refractivity (Wildman–Crippen MR) is 126 cm³/mol. The second kappa shape index (κ2) is 7.98. The van der Waals surface area contributed by atoms with Crippen LogP contribution in [0.15, 0.2) is 54.2 Å². The van der Waals surface area contributed by atoms with E-state index in [2.05, 4.69) is 0 Å². The molecular weight excluding hydrogens is 447 g/mol. The summed E-state index contributed by atoms with van der Waals surface area (Å²) in [5.41, 5.74) is 2.27. The Bertz CT molecular complexity index is 1290. The van der Waals surface area contributed by atoms with Crippen molar-refractivity contribution in [3.05, 3.63) is 75.4 Å². The highest BCUT2D eigenvalue weighted by Gasteiger charge is 2.50. The minimum absolute atomic E-state index is 0.0328. The van der Waals surface area contributed by atoms with Crippen molar-refractivity contribution in [1.29, 1.82) is 0 Å². The number of ketones is 1. The number of aliphatic hydroxyl groups excluding tert-OH is 1. The molecule has 164 valence electrons. The third kappa shape index (κ3) is 3.23. The largest absolute Gasteiger partial charge is 0.507 e. The highest BCUT2D eigenvalue weighted by molar-refractivity contribution is 6.47. The van der Waals surface area contributed by atoms with Gasteiger partial charge < -0.3 is 14.6 Å². The van der Waals surface area contributed by atoms with Crippen molar-refractivity contribution in [3.63, 3.8) is 0 Å². The molecule has 1 N–H and O–H groups in total. The zero-order chi connectivity index (χ0) is 22.6. The molecule has 1 amide bonds. The van der Waals surface area contributed by atoms with Gasteiger partial charge in [0.05, 0.1) is 21.7 Å². The smallest absolute Gasteiger partial charge is 0.295 e. The average molecular weight is 469 g/mol. The van der Waals surface area contributed by atoms with Crippen LogP contribution in [-0.4, -0.2) is 32.3 Å². The molecule has 5 nitrogen and oxygen atoms in total. The number of rotatable bonds is 3. The lowest BCUT2D eigenvalue weighted by Crippen LogP contribution is -2.37. The highest BCUT2D eigenvalue weighted by Crippen LogP contribution is 2.45. The third-order valence-corrected chi connectivity index (χ3v) is 7.35. The van der Waals surface area contributed by atoms with Gasteiger partial charge in [-0.25, -0.2) is 0 Å². The maximum atomic E-state index is 13.3. The first-order chi connectivity index (χ1) is 15.4. The molecule has 2 aromatic carbocycles. The van der Waals surface area contributed by atoms with Crippen molar-refractivity contribution in [1.82, 2.24) is 9.47 Å². The van der Waals surface area contributed by atoms with Gasteiger partial charge in [0, 0.05) is 41.3 Å². The van der Waals surface area contributed by atoms with Crippen LogP contribution in [0.1, 0.15) is 42.9 Å². The van der Waals surface area contributed by atoms with Crippen LogP contribution in [0, 0.1) is 0 Å². The fourth-order valence-corrected chi connectivity index (χ4v) is 5.40. The van der Waals surface area contributed by atoms with Gasteiger partial charge in [-0.1, -0.05) is 54.2 Å². The van der Waals surface area contributed by atoms with Gasteiger partial charge in [-0.15, -0.1) is 0 Å². The van der Waals surface area contributed by atoms with E-state index in [1.807, 2.05) is 42.1 Å². The lowest BCUT2D eigenvalue weighted by molar-refractivity contribution is -0.141. The third-order valence-electron chi connectivity index (χ3n) is 6.61. The SMILES string of the molecule is Cn1cc(C2/C(=C(\O)c3ccc(Cl)c(Cl)c3)C(=O)C(=O)N2C2CCCC2)c2ccccc21. The van der Waals surface area contributed by atoms with Gasteiger partial charge in [-0.3, -0.25) is 9.59 Å². The van der Waals surface area contributed by atoms with Gasteiger partial charge in [0.2, 0.25) is 0 Å². The molecule has 1 aliphatic carbocycles. The Morgan fingerprint density at radius 1 is 1.03 bits per heavy atom. The Morgan fingerprint density at radius 3 is 2.47 bits per heavy atom. The second-order valence-electron chi connectivity index (χ2n) is 8.49. The molecule has 1 unspecified atom stereocenters. The number of hydrogen-bond acceptors (Lipinski definition) is 3. The van der Waals surface area contributed by atoms with Crippen LogP contribution in [-0.2, 0) is 16.6 Å². The molecule has 32 heavy (non-hydrogen) atoms. The normalized spacial score (nSPS) is 21.2. The maximum Gasteiger partial charge on any atom is 0.295 e. The summed E-state index contributed by atoms with van der Waals surface area (Å²) in [5, 5.41) is 12.8. The molecule has 1 aromatic heterocycles. The number of aliphatic hydroxyl groups is 1. The summed E-state index contributed by atoms with van der Waals surface area (Å²) < 4.78 is 1.98. The molecule has 0 spiro atoms. The van der Waals surface area contributed by atoms with E-state index < -0.39 is 17.7 Å². The van der Waals surface area contributed by atoms with Crippen LogP contribution in [0.25, 0.3) is 16.7 Å². The number of benzene rings is 2. The van der Waals surface area contributed by atoms with Crippen molar-refractivity contribution in [2.75, 3.05) is 0 Å². The van der Waals surface area contributed by atoms with Gasteiger partial charge in [-0.05, 0) is 37.1 Å². The van der Waals surface area contributed by atoms with E-state index in [0.29, 0.717) is 10.6 Å². The molecule has 1 saturated heterocycles. The first-order valence-corrected chi connectivity index (χ1v) is 11.4. The van der Waals surface area contributed by atoms with E-state index in [0.717, 1.165) is 42.1 Å². The van der Waals surface area contributed by atoms with E-state index in [1.165, 1.54) is 6.07 Å². The van der Waals surface area contributed by atoms with E-state index in [-0.39, 0.29) is 22.4 Å². The molecule has 1 aliphatic heterocycles. The summed E-state index contributed by atoms with van der Waals surface area (Å²) in [6.45, 7) is 0. The molecule has 7 heteroatoms. The number of Topliss-reactive ketones (excluding diaryl/α,β-unsaturated/α-hetero) is 1. The fraction of sp³-hybridized carbons (Fsp3) is 0.280. The number of carbonyl (C=O) groups is 2. The minimum atomic E-state index is -0.668. The molecule has 1 saturated carbocycles.